The number of halogens is 1. The Morgan fingerprint density at radius 1 is 1.41 bits per heavy atom. The molecule has 0 saturated carbocycles. The number of hydrogen-bond donors (Lipinski definition) is 0. The van der Waals surface area contributed by atoms with Gasteiger partial charge in [0.2, 0.25) is 0 Å². The highest BCUT2D eigenvalue weighted by molar-refractivity contribution is 9.09. The molecule has 0 saturated heterocycles. The second kappa shape index (κ2) is 3.88. The minimum atomic E-state index is -0.291. The first-order chi connectivity index (χ1) is 8.15. The molecule has 3 rings (SSSR count). The van der Waals surface area contributed by atoms with Crippen LogP contribution in [0.5, 0.6) is 5.75 Å². The Hall–Kier alpha value is -1.29. The minimum absolute atomic E-state index is 0.181. The van der Waals surface area contributed by atoms with Gasteiger partial charge >= 0.3 is 5.63 Å². The highest BCUT2D eigenvalue weighted by Crippen LogP contribution is 2.33. The molecule has 0 fully saturated rings. The Bertz CT molecular complexity index is 645. The first-order valence-electron chi connectivity index (χ1n) is 5.48. The first-order valence-corrected chi connectivity index (χ1v) is 6.40. The van der Waals surface area contributed by atoms with Crippen molar-refractivity contribution < 1.29 is 9.15 Å². The molecular formula is C13H11BrO3. The predicted molar refractivity (Wildman–Crippen MR) is 69.1 cm³/mol. The molecule has 0 aliphatic carbocycles. The SMILES string of the molecule is Cc1ccc2oc(=O)c3c(c2c1)OCC(Br)C3. The third-order valence-electron chi connectivity index (χ3n) is 2.94. The molecule has 1 aliphatic heterocycles. The van der Waals surface area contributed by atoms with E-state index in [4.69, 9.17) is 9.15 Å². The molecular weight excluding hydrogens is 284 g/mol. The standard InChI is InChI=1S/C13H11BrO3/c1-7-2-3-11-9(4-7)12-10(13(15)17-11)5-8(14)6-16-12/h2-4,8H,5-6H2,1H3. The maximum atomic E-state index is 11.8. The summed E-state index contributed by atoms with van der Waals surface area (Å²) in [5, 5.41) is 0.888. The van der Waals surface area contributed by atoms with E-state index in [1.807, 2.05) is 25.1 Å². The summed E-state index contributed by atoms with van der Waals surface area (Å²) in [4.78, 5) is 12.0. The fourth-order valence-electron chi connectivity index (χ4n) is 2.12. The molecule has 17 heavy (non-hydrogen) atoms. The van der Waals surface area contributed by atoms with E-state index in [0.717, 1.165) is 10.9 Å². The number of ether oxygens (including phenoxy) is 1. The van der Waals surface area contributed by atoms with E-state index in [1.54, 1.807) is 0 Å². The molecule has 1 aromatic carbocycles. The zero-order chi connectivity index (χ0) is 12.0. The molecule has 0 spiro atoms. The van der Waals surface area contributed by atoms with E-state index in [1.165, 1.54) is 0 Å². The van der Waals surface area contributed by atoms with Crippen molar-refractivity contribution >= 4 is 26.9 Å². The van der Waals surface area contributed by atoms with Crippen molar-refractivity contribution in [1.29, 1.82) is 0 Å². The third kappa shape index (κ3) is 1.76. The third-order valence-corrected chi connectivity index (χ3v) is 3.53. The Morgan fingerprint density at radius 2 is 2.24 bits per heavy atom. The zero-order valence-electron chi connectivity index (χ0n) is 9.33. The lowest BCUT2D eigenvalue weighted by Gasteiger charge is -2.21. The van der Waals surface area contributed by atoms with Gasteiger partial charge in [-0.25, -0.2) is 4.79 Å². The van der Waals surface area contributed by atoms with Gasteiger partial charge in [-0.15, -0.1) is 0 Å². The smallest absolute Gasteiger partial charge is 0.343 e. The summed E-state index contributed by atoms with van der Waals surface area (Å²) < 4.78 is 11.0. The van der Waals surface area contributed by atoms with E-state index in [2.05, 4.69) is 15.9 Å². The van der Waals surface area contributed by atoms with Crippen LogP contribution in [0.1, 0.15) is 11.1 Å². The predicted octanol–water partition coefficient (Wildman–Crippen LogP) is 2.80. The molecule has 2 heterocycles. The van der Waals surface area contributed by atoms with Crippen LogP contribution in [-0.2, 0) is 6.42 Å². The van der Waals surface area contributed by atoms with Crippen molar-refractivity contribution in [3.05, 3.63) is 39.7 Å². The fourth-order valence-corrected chi connectivity index (χ4v) is 2.58. The molecule has 0 radical (unpaired) electrons. The molecule has 1 aliphatic rings. The number of rotatable bonds is 0. The van der Waals surface area contributed by atoms with Gasteiger partial charge in [-0.3, -0.25) is 0 Å². The number of aryl methyl sites for hydroxylation is 1. The lowest BCUT2D eigenvalue weighted by atomic mass is 10.0. The van der Waals surface area contributed by atoms with Crippen molar-refractivity contribution in [2.24, 2.45) is 0 Å². The molecule has 0 amide bonds. The molecule has 3 nitrogen and oxygen atoms in total. The minimum Gasteiger partial charge on any atom is -0.491 e. The van der Waals surface area contributed by atoms with Crippen molar-refractivity contribution in [3.8, 4) is 5.75 Å². The van der Waals surface area contributed by atoms with Gasteiger partial charge in [-0.2, -0.15) is 0 Å². The van der Waals surface area contributed by atoms with Crippen molar-refractivity contribution in [3.63, 3.8) is 0 Å². The van der Waals surface area contributed by atoms with Crippen LogP contribution in [0, 0.1) is 6.92 Å². The fraction of sp³-hybridized carbons (Fsp3) is 0.308. The lowest BCUT2D eigenvalue weighted by Crippen LogP contribution is -2.25. The van der Waals surface area contributed by atoms with Crippen LogP contribution in [0.2, 0.25) is 0 Å². The largest absolute Gasteiger partial charge is 0.491 e. The number of benzene rings is 1. The van der Waals surface area contributed by atoms with Crippen LogP contribution in [-0.4, -0.2) is 11.4 Å². The van der Waals surface area contributed by atoms with E-state index in [-0.39, 0.29) is 10.5 Å². The van der Waals surface area contributed by atoms with Crippen molar-refractivity contribution in [2.45, 2.75) is 18.2 Å². The van der Waals surface area contributed by atoms with Crippen molar-refractivity contribution in [1.82, 2.24) is 0 Å². The number of fused-ring (bicyclic) bond motifs is 3. The van der Waals surface area contributed by atoms with Crippen LogP contribution in [0.15, 0.2) is 27.4 Å². The topological polar surface area (TPSA) is 39.4 Å². The van der Waals surface area contributed by atoms with Gasteiger partial charge in [0.1, 0.15) is 17.9 Å². The molecule has 1 unspecified atom stereocenters. The monoisotopic (exact) mass is 294 g/mol. The van der Waals surface area contributed by atoms with E-state index in [9.17, 15) is 4.79 Å². The van der Waals surface area contributed by atoms with Crippen LogP contribution in [0.3, 0.4) is 0 Å². The average Bonchev–Trinajstić information content (AvgIpc) is 2.30. The van der Waals surface area contributed by atoms with Crippen LogP contribution < -0.4 is 10.4 Å². The molecule has 88 valence electrons. The Balaban J connectivity index is 2.36. The first kappa shape index (κ1) is 10.8. The summed E-state index contributed by atoms with van der Waals surface area (Å²) >= 11 is 3.47. The second-order valence-electron chi connectivity index (χ2n) is 4.31. The number of hydrogen-bond acceptors (Lipinski definition) is 3. The summed E-state index contributed by atoms with van der Waals surface area (Å²) in [6, 6.07) is 5.73. The molecule has 2 aromatic rings. The van der Waals surface area contributed by atoms with Gasteiger partial charge in [-0.1, -0.05) is 27.6 Å². The van der Waals surface area contributed by atoms with Gasteiger partial charge in [0, 0.05) is 0 Å². The Labute approximate surface area is 107 Å². The van der Waals surface area contributed by atoms with Crippen molar-refractivity contribution in [2.75, 3.05) is 6.61 Å². The van der Waals surface area contributed by atoms with Crippen LogP contribution in [0.25, 0.3) is 11.0 Å². The average molecular weight is 295 g/mol. The maximum absolute atomic E-state index is 11.8. The van der Waals surface area contributed by atoms with Crippen LogP contribution >= 0.6 is 15.9 Å². The van der Waals surface area contributed by atoms with Gasteiger partial charge < -0.3 is 9.15 Å². The van der Waals surface area contributed by atoms with E-state index < -0.39 is 0 Å². The lowest BCUT2D eigenvalue weighted by molar-refractivity contribution is 0.294. The molecule has 0 N–H and O–H groups in total. The van der Waals surface area contributed by atoms with Gasteiger partial charge in [0.05, 0.1) is 15.8 Å². The molecule has 1 atom stereocenters. The highest BCUT2D eigenvalue weighted by Gasteiger charge is 2.24. The normalized spacial score (nSPS) is 18.8. The van der Waals surface area contributed by atoms with Gasteiger partial charge in [0.15, 0.2) is 0 Å². The molecule has 1 aromatic heterocycles. The van der Waals surface area contributed by atoms with E-state index >= 15 is 0 Å². The van der Waals surface area contributed by atoms with Gasteiger partial charge in [0.25, 0.3) is 0 Å². The molecule has 4 heteroatoms. The summed E-state index contributed by atoms with van der Waals surface area (Å²) in [5.74, 6) is 0.690. The van der Waals surface area contributed by atoms with E-state index in [0.29, 0.717) is 29.9 Å². The zero-order valence-corrected chi connectivity index (χ0v) is 10.9. The highest BCUT2D eigenvalue weighted by atomic mass is 79.9. The van der Waals surface area contributed by atoms with Crippen LogP contribution in [0.4, 0.5) is 0 Å². The quantitative estimate of drug-likeness (QED) is 0.554. The summed E-state index contributed by atoms with van der Waals surface area (Å²) in [6.45, 7) is 2.59. The Morgan fingerprint density at radius 3 is 3.06 bits per heavy atom. The summed E-state index contributed by atoms with van der Waals surface area (Å²) in [5.41, 5.74) is 2.06. The Kier molecular flexibility index (Phi) is 2.47. The maximum Gasteiger partial charge on any atom is 0.343 e. The van der Waals surface area contributed by atoms with Gasteiger partial charge in [-0.05, 0) is 25.5 Å². The number of alkyl halides is 1. The second-order valence-corrected chi connectivity index (χ2v) is 5.60. The molecule has 0 bridgehead atoms. The summed E-state index contributed by atoms with van der Waals surface area (Å²) in [6.07, 6.45) is 0.654. The summed E-state index contributed by atoms with van der Waals surface area (Å²) in [7, 11) is 0.